The topological polar surface area (TPSA) is 47.2 Å². The van der Waals surface area contributed by atoms with E-state index in [0.29, 0.717) is 26.1 Å². The monoisotopic (exact) mass is 365 g/mol. The van der Waals surface area contributed by atoms with Crippen LogP contribution in [0, 0.1) is 13.8 Å². The zero-order chi connectivity index (χ0) is 19.6. The molecule has 142 valence electrons. The zero-order valence-electron chi connectivity index (χ0n) is 16.5. The van der Waals surface area contributed by atoms with E-state index in [4.69, 9.17) is 0 Å². The summed E-state index contributed by atoms with van der Waals surface area (Å²) in [6.45, 7) is 7.68. The lowest BCUT2D eigenvalue weighted by Gasteiger charge is -2.19. The first kappa shape index (κ1) is 19.0. The van der Waals surface area contributed by atoms with Crippen molar-refractivity contribution in [1.82, 2.24) is 14.0 Å². The molecule has 1 heterocycles. The maximum Gasteiger partial charge on any atom is 0.329 e. The van der Waals surface area contributed by atoms with Gasteiger partial charge in [0, 0.05) is 33.1 Å². The van der Waals surface area contributed by atoms with Crippen LogP contribution in [0.3, 0.4) is 0 Å². The highest BCUT2D eigenvalue weighted by Crippen LogP contribution is 2.15. The Morgan fingerprint density at radius 2 is 1.70 bits per heavy atom. The lowest BCUT2D eigenvalue weighted by Crippen LogP contribution is -2.30. The molecule has 3 aromatic rings. The van der Waals surface area contributed by atoms with Gasteiger partial charge in [-0.05, 0) is 44.0 Å². The van der Waals surface area contributed by atoms with E-state index >= 15 is 0 Å². The predicted octanol–water partition coefficient (Wildman–Crippen LogP) is 3.49. The molecular formula is C22H27N3O2. The Morgan fingerprint density at radius 3 is 2.33 bits per heavy atom. The van der Waals surface area contributed by atoms with Crippen LogP contribution in [0.1, 0.15) is 30.0 Å². The summed E-state index contributed by atoms with van der Waals surface area (Å²) in [5.74, 6) is 0.0372. The summed E-state index contributed by atoms with van der Waals surface area (Å²) in [4.78, 5) is 27.0. The number of aryl methyl sites for hydroxylation is 4. The van der Waals surface area contributed by atoms with E-state index in [1.165, 1.54) is 11.1 Å². The summed E-state index contributed by atoms with van der Waals surface area (Å²) in [7, 11) is 1.82. The Kier molecular flexibility index (Phi) is 5.49. The molecule has 1 aromatic heterocycles. The largest absolute Gasteiger partial charge is 0.341 e. The van der Waals surface area contributed by atoms with Crippen LogP contribution in [0.2, 0.25) is 0 Å². The quantitative estimate of drug-likeness (QED) is 0.671. The number of amides is 1. The van der Waals surface area contributed by atoms with Gasteiger partial charge in [-0.25, -0.2) is 4.79 Å². The van der Waals surface area contributed by atoms with Crippen LogP contribution in [-0.2, 0) is 24.4 Å². The minimum atomic E-state index is -0.0523. The maximum absolute atomic E-state index is 12.7. The molecule has 0 radical (unpaired) electrons. The van der Waals surface area contributed by atoms with Crippen molar-refractivity contribution in [2.45, 2.75) is 46.8 Å². The number of rotatable bonds is 6. The van der Waals surface area contributed by atoms with Gasteiger partial charge in [0.05, 0.1) is 11.0 Å². The van der Waals surface area contributed by atoms with E-state index in [1.807, 2.05) is 38.2 Å². The molecule has 0 bridgehead atoms. The molecule has 2 aromatic carbocycles. The smallest absolute Gasteiger partial charge is 0.329 e. The molecule has 0 saturated heterocycles. The van der Waals surface area contributed by atoms with Gasteiger partial charge in [-0.1, -0.05) is 35.9 Å². The summed E-state index contributed by atoms with van der Waals surface area (Å²) in [6.07, 6.45) is 0.305. The van der Waals surface area contributed by atoms with Gasteiger partial charge in [0.25, 0.3) is 0 Å². The molecule has 0 aliphatic rings. The van der Waals surface area contributed by atoms with Crippen molar-refractivity contribution in [2.75, 3.05) is 7.05 Å². The van der Waals surface area contributed by atoms with Gasteiger partial charge in [-0.3, -0.25) is 13.9 Å². The molecule has 5 nitrogen and oxygen atoms in total. The Labute approximate surface area is 159 Å². The summed E-state index contributed by atoms with van der Waals surface area (Å²) in [6, 6.07) is 14.0. The van der Waals surface area contributed by atoms with Gasteiger partial charge in [0.2, 0.25) is 5.91 Å². The minimum Gasteiger partial charge on any atom is -0.341 e. The molecule has 0 aliphatic carbocycles. The third-order valence-electron chi connectivity index (χ3n) is 5.12. The van der Waals surface area contributed by atoms with Crippen molar-refractivity contribution >= 4 is 16.9 Å². The number of hydrogen-bond donors (Lipinski definition) is 0. The molecule has 5 heteroatoms. The van der Waals surface area contributed by atoms with Gasteiger partial charge < -0.3 is 4.90 Å². The van der Waals surface area contributed by atoms with Crippen LogP contribution < -0.4 is 5.69 Å². The zero-order valence-corrected chi connectivity index (χ0v) is 16.5. The normalized spacial score (nSPS) is 11.1. The lowest BCUT2D eigenvalue weighted by atomic mass is 10.1. The van der Waals surface area contributed by atoms with Gasteiger partial charge in [-0.15, -0.1) is 0 Å². The molecule has 0 spiro atoms. The van der Waals surface area contributed by atoms with Crippen molar-refractivity contribution in [1.29, 1.82) is 0 Å². The average Bonchev–Trinajstić information content (AvgIpc) is 2.92. The Hall–Kier alpha value is -2.82. The highest BCUT2D eigenvalue weighted by atomic mass is 16.2. The van der Waals surface area contributed by atoms with Gasteiger partial charge in [0.15, 0.2) is 0 Å². The van der Waals surface area contributed by atoms with Gasteiger partial charge in [-0.2, -0.15) is 0 Å². The molecule has 0 aliphatic heterocycles. The molecule has 3 rings (SSSR count). The van der Waals surface area contributed by atoms with E-state index in [-0.39, 0.29) is 11.6 Å². The Bertz CT molecular complexity index is 1030. The molecule has 0 N–H and O–H groups in total. The fourth-order valence-electron chi connectivity index (χ4n) is 3.56. The lowest BCUT2D eigenvalue weighted by molar-refractivity contribution is -0.130. The van der Waals surface area contributed by atoms with Crippen molar-refractivity contribution in [3.05, 3.63) is 69.6 Å². The second-order valence-corrected chi connectivity index (χ2v) is 7.10. The van der Waals surface area contributed by atoms with Crippen LogP contribution in [-0.4, -0.2) is 27.0 Å². The van der Waals surface area contributed by atoms with Crippen LogP contribution >= 0.6 is 0 Å². The molecule has 0 unspecified atom stereocenters. The van der Waals surface area contributed by atoms with E-state index in [1.54, 1.807) is 14.0 Å². The Balaban J connectivity index is 1.73. The first-order valence-corrected chi connectivity index (χ1v) is 9.40. The summed E-state index contributed by atoms with van der Waals surface area (Å²) >= 11 is 0. The van der Waals surface area contributed by atoms with Crippen molar-refractivity contribution < 1.29 is 4.79 Å². The molecule has 1 amide bonds. The summed E-state index contributed by atoms with van der Waals surface area (Å²) in [5, 5.41) is 0. The molecule has 0 atom stereocenters. The van der Waals surface area contributed by atoms with E-state index in [2.05, 4.69) is 32.0 Å². The molecule has 27 heavy (non-hydrogen) atoms. The van der Waals surface area contributed by atoms with Gasteiger partial charge >= 0.3 is 5.69 Å². The van der Waals surface area contributed by atoms with E-state index in [9.17, 15) is 9.59 Å². The molecular weight excluding hydrogens is 338 g/mol. The SMILES string of the molecule is CCn1c(=O)n(CCC(=O)N(C)Cc2ccc(C)cc2C)c2ccccc21. The maximum atomic E-state index is 12.7. The number of hydrogen-bond acceptors (Lipinski definition) is 2. The first-order chi connectivity index (χ1) is 12.9. The summed E-state index contributed by atoms with van der Waals surface area (Å²) < 4.78 is 3.46. The number of imidazole rings is 1. The van der Waals surface area contributed by atoms with Gasteiger partial charge in [0.1, 0.15) is 0 Å². The third-order valence-corrected chi connectivity index (χ3v) is 5.12. The highest BCUT2D eigenvalue weighted by Gasteiger charge is 2.15. The van der Waals surface area contributed by atoms with Crippen molar-refractivity contribution in [3.63, 3.8) is 0 Å². The Morgan fingerprint density at radius 1 is 1.04 bits per heavy atom. The highest BCUT2D eigenvalue weighted by molar-refractivity contribution is 5.78. The van der Waals surface area contributed by atoms with Crippen molar-refractivity contribution in [3.8, 4) is 0 Å². The second kappa shape index (κ2) is 7.82. The number of carbonyl (C=O) groups is 1. The van der Waals surface area contributed by atoms with Crippen LogP contribution in [0.15, 0.2) is 47.3 Å². The fraction of sp³-hybridized carbons (Fsp3) is 0.364. The number of aromatic nitrogens is 2. The third kappa shape index (κ3) is 3.82. The number of benzene rings is 2. The number of fused-ring (bicyclic) bond motifs is 1. The predicted molar refractivity (Wildman–Crippen MR) is 109 cm³/mol. The number of carbonyl (C=O) groups excluding carboxylic acids is 1. The molecule has 0 fully saturated rings. The minimum absolute atomic E-state index is 0.0372. The standard InChI is InChI=1S/C22H27N3O2/c1-5-24-19-8-6-7-9-20(19)25(22(24)27)13-12-21(26)23(4)15-18-11-10-16(2)14-17(18)3/h6-11,14H,5,12-13,15H2,1-4H3. The summed E-state index contributed by atoms with van der Waals surface area (Å²) in [5.41, 5.74) is 5.31. The van der Waals surface area contributed by atoms with E-state index < -0.39 is 0 Å². The first-order valence-electron chi connectivity index (χ1n) is 9.40. The second-order valence-electron chi connectivity index (χ2n) is 7.10. The van der Waals surface area contributed by atoms with Crippen LogP contribution in [0.5, 0.6) is 0 Å². The average molecular weight is 365 g/mol. The number of para-hydroxylation sites is 2. The van der Waals surface area contributed by atoms with Crippen molar-refractivity contribution in [2.24, 2.45) is 0 Å². The van der Waals surface area contributed by atoms with Crippen LogP contribution in [0.25, 0.3) is 11.0 Å². The van der Waals surface area contributed by atoms with E-state index in [0.717, 1.165) is 16.6 Å². The molecule has 0 saturated carbocycles. The number of nitrogens with zero attached hydrogens (tertiary/aromatic N) is 3. The fourth-order valence-corrected chi connectivity index (χ4v) is 3.56. The van der Waals surface area contributed by atoms with Crippen LogP contribution in [0.4, 0.5) is 0 Å².